The number of guanidine groups is 1. The summed E-state index contributed by atoms with van der Waals surface area (Å²) in [6.45, 7) is 6.36. The predicted molar refractivity (Wildman–Crippen MR) is 102 cm³/mol. The molecule has 0 saturated heterocycles. The number of phenols is 1. The minimum atomic E-state index is 0. The van der Waals surface area contributed by atoms with E-state index >= 15 is 0 Å². The first-order valence-corrected chi connectivity index (χ1v) is 7.47. The minimum absolute atomic E-state index is 0. The number of aliphatic imine (C=N–C) groups is 1. The molecular formula is C16H28IN3O2. The zero-order valence-electron chi connectivity index (χ0n) is 13.6. The number of methoxy groups -OCH3 is 1. The highest BCUT2D eigenvalue weighted by Gasteiger charge is 2.03. The largest absolute Gasteiger partial charge is 0.508 e. The van der Waals surface area contributed by atoms with Crippen LogP contribution < -0.4 is 10.6 Å². The summed E-state index contributed by atoms with van der Waals surface area (Å²) in [7, 11) is 1.69. The monoisotopic (exact) mass is 421 g/mol. The van der Waals surface area contributed by atoms with E-state index in [9.17, 15) is 5.11 Å². The molecule has 0 aliphatic heterocycles. The van der Waals surface area contributed by atoms with Crippen molar-refractivity contribution in [2.45, 2.75) is 32.7 Å². The summed E-state index contributed by atoms with van der Waals surface area (Å²) < 4.78 is 5.11. The zero-order chi connectivity index (χ0) is 15.5. The van der Waals surface area contributed by atoms with Crippen LogP contribution in [0.4, 0.5) is 0 Å². The number of benzene rings is 1. The van der Waals surface area contributed by atoms with Crippen molar-refractivity contribution in [2.24, 2.45) is 4.99 Å². The van der Waals surface area contributed by atoms with Crippen LogP contribution in [-0.4, -0.2) is 43.9 Å². The smallest absolute Gasteiger partial charge is 0.191 e. The highest BCUT2D eigenvalue weighted by atomic mass is 127. The Morgan fingerprint density at radius 1 is 1.32 bits per heavy atom. The Morgan fingerprint density at radius 3 is 2.59 bits per heavy atom. The van der Waals surface area contributed by atoms with E-state index in [4.69, 9.17) is 4.74 Å². The number of nitrogens with zero attached hydrogens (tertiary/aromatic N) is 1. The number of aromatic hydroxyl groups is 1. The van der Waals surface area contributed by atoms with Gasteiger partial charge in [0.1, 0.15) is 5.75 Å². The molecule has 0 spiro atoms. The number of halogens is 1. The molecule has 0 aliphatic carbocycles. The van der Waals surface area contributed by atoms with Gasteiger partial charge in [0.25, 0.3) is 0 Å². The molecule has 0 saturated carbocycles. The van der Waals surface area contributed by atoms with Gasteiger partial charge < -0.3 is 20.5 Å². The van der Waals surface area contributed by atoms with Gasteiger partial charge in [0, 0.05) is 26.2 Å². The molecule has 0 bridgehead atoms. The predicted octanol–water partition coefficient (Wildman–Crippen LogP) is 2.53. The lowest BCUT2D eigenvalue weighted by atomic mass is 10.1. The second-order valence-electron chi connectivity index (χ2n) is 5.03. The average molecular weight is 421 g/mol. The van der Waals surface area contributed by atoms with Crippen LogP contribution in [0.15, 0.2) is 29.3 Å². The fraction of sp³-hybridized carbons (Fsp3) is 0.562. The van der Waals surface area contributed by atoms with Gasteiger partial charge in [-0.2, -0.15) is 0 Å². The average Bonchev–Trinajstić information content (AvgIpc) is 2.46. The van der Waals surface area contributed by atoms with Gasteiger partial charge in [0.05, 0.1) is 6.61 Å². The summed E-state index contributed by atoms with van der Waals surface area (Å²) in [6.07, 6.45) is 1.93. The van der Waals surface area contributed by atoms with E-state index in [-0.39, 0.29) is 30.0 Å². The van der Waals surface area contributed by atoms with Crippen molar-refractivity contribution in [1.82, 2.24) is 10.6 Å². The number of hydrogen-bond donors (Lipinski definition) is 3. The van der Waals surface area contributed by atoms with Crippen LogP contribution in [0.3, 0.4) is 0 Å². The Hall–Kier alpha value is -1.02. The van der Waals surface area contributed by atoms with Crippen molar-refractivity contribution in [2.75, 3.05) is 26.8 Å². The lowest BCUT2D eigenvalue weighted by molar-refractivity contribution is 0.179. The first-order chi connectivity index (χ1) is 10.2. The molecule has 1 aromatic rings. The topological polar surface area (TPSA) is 65.9 Å². The third kappa shape index (κ3) is 9.09. The van der Waals surface area contributed by atoms with E-state index < -0.39 is 0 Å². The van der Waals surface area contributed by atoms with E-state index in [1.165, 1.54) is 5.56 Å². The molecule has 1 unspecified atom stereocenters. The Balaban J connectivity index is 0.00000441. The molecule has 0 aromatic heterocycles. The van der Waals surface area contributed by atoms with Crippen LogP contribution in [0.25, 0.3) is 0 Å². The molecular weight excluding hydrogens is 393 g/mol. The van der Waals surface area contributed by atoms with E-state index in [2.05, 4.69) is 29.5 Å². The summed E-state index contributed by atoms with van der Waals surface area (Å²) in [4.78, 5) is 4.56. The molecule has 126 valence electrons. The van der Waals surface area contributed by atoms with Gasteiger partial charge in [-0.3, -0.25) is 4.99 Å². The number of hydrogen-bond acceptors (Lipinski definition) is 3. The molecule has 6 heteroatoms. The minimum Gasteiger partial charge on any atom is -0.508 e. The van der Waals surface area contributed by atoms with Crippen molar-refractivity contribution in [3.8, 4) is 5.75 Å². The van der Waals surface area contributed by atoms with Crippen LogP contribution >= 0.6 is 24.0 Å². The SMILES string of the molecule is CCNC(=NCCCc1ccc(O)cc1)NC(C)COC.I. The molecule has 22 heavy (non-hydrogen) atoms. The molecule has 0 fully saturated rings. The van der Waals surface area contributed by atoms with Gasteiger partial charge in [0.15, 0.2) is 5.96 Å². The molecule has 0 aliphatic rings. The molecule has 0 heterocycles. The van der Waals surface area contributed by atoms with Crippen LogP contribution in [0.5, 0.6) is 5.75 Å². The van der Waals surface area contributed by atoms with Gasteiger partial charge in [-0.1, -0.05) is 12.1 Å². The van der Waals surface area contributed by atoms with E-state index in [1.54, 1.807) is 19.2 Å². The highest BCUT2D eigenvalue weighted by Crippen LogP contribution is 2.10. The van der Waals surface area contributed by atoms with Crippen molar-refractivity contribution in [3.63, 3.8) is 0 Å². The Kier molecular flexibility index (Phi) is 11.9. The second kappa shape index (κ2) is 12.5. The molecule has 1 aromatic carbocycles. The first-order valence-electron chi connectivity index (χ1n) is 7.47. The summed E-state index contributed by atoms with van der Waals surface area (Å²) >= 11 is 0. The lowest BCUT2D eigenvalue weighted by Crippen LogP contribution is -2.44. The maximum atomic E-state index is 9.24. The lowest BCUT2D eigenvalue weighted by Gasteiger charge is -2.16. The maximum Gasteiger partial charge on any atom is 0.191 e. The van der Waals surface area contributed by atoms with Gasteiger partial charge in [-0.15, -0.1) is 24.0 Å². The fourth-order valence-corrected chi connectivity index (χ4v) is 1.98. The third-order valence-electron chi connectivity index (χ3n) is 2.97. The van der Waals surface area contributed by atoms with Crippen LogP contribution in [0, 0.1) is 0 Å². The number of nitrogens with one attached hydrogen (secondary N) is 2. The Labute approximate surface area is 150 Å². The molecule has 5 nitrogen and oxygen atoms in total. The van der Waals surface area contributed by atoms with E-state index in [0.29, 0.717) is 12.4 Å². The maximum absolute atomic E-state index is 9.24. The van der Waals surface area contributed by atoms with Crippen molar-refractivity contribution in [1.29, 1.82) is 0 Å². The van der Waals surface area contributed by atoms with Crippen molar-refractivity contribution >= 4 is 29.9 Å². The third-order valence-corrected chi connectivity index (χ3v) is 2.97. The fourth-order valence-electron chi connectivity index (χ4n) is 1.98. The summed E-state index contributed by atoms with van der Waals surface area (Å²) in [6, 6.07) is 7.56. The van der Waals surface area contributed by atoms with Gasteiger partial charge in [0.2, 0.25) is 0 Å². The van der Waals surface area contributed by atoms with Crippen molar-refractivity contribution < 1.29 is 9.84 Å². The highest BCUT2D eigenvalue weighted by molar-refractivity contribution is 14.0. The standard InChI is InChI=1S/C16H27N3O2.HI/c1-4-17-16(19-13(2)12-21-3)18-11-5-6-14-7-9-15(20)10-8-14;/h7-10,13,20H,4-6,11-12H2,1-3H3,(H2,17,18,19);1H. The van der Waals surface area contributed by atoms with Crippen LogP contribution in [0.1, 0.15) is 25.8 Å². The number of ether oxygens (including phenoxy) is 1. The number of phenolic OH excluding ortho intramolecular Hbond substituents is 1. The van der Waals surface area contributed by atoms with E-state index in [0.717, 1.165) is 31.9 Å². The summed E-state index contributed by atoms with van der Waals surface area (Å²) in [5.41, 5.74) is 1.22. The van der Waals surface area contributed by atoms with E-state index in [1.807, 2.05) is 12.1 Å². The number of rotatable bonds is 8. The molecule has 0 radical (unpaired) electrons. The molecule has 3 N–H and O–H groups in total. The quantitative estimate of drug-likeness (QED) is 0.261. The molecule has 0 amide bonds. The Morgan fingerprint density at radius 2 is 2.00 bits per heavy atom. The normalized spacial score (nSPS) is 12.4. The number of aryl methyl sites for hydroxylation is 1. The van der Waals surface area contributed by atoms with Crippen molar-refractivity contribution in [3.05, 3.63) is 29.8 Å². The van der Waals surface area contributed by atoms with Gasteiger partial charge in [-0.25, -0.2) is 0 Å². The van der Waals surface area contributed by atoms with Crippen LogP contribution in [-0.2, 0) is 11.2 Å². The molecule has 1 rings (SSSR count). The Bertz CT molecular complexity index is 424. The molecule has 1 atom stereocenters. The van der Waals surface area contributed by atoms with Gasteiger partial charge >= 0.3 is 0 Å². The second-order valence-corrected chi connectivity index (χ2v) is 5.03. The summed E-state index contributed by atoms with van der Waals surface area (Å²) in [5.74, 6) is 1.13. The van der Waals surface area contributed by atoms with Crippen LogP contribution in [0.2, 0.25) is 0 Å². The van der Waals surface area contributed by atoms with Gasteiger partial charge in [-0.05, 0) is 44.4 Å². The summed E-state index contributed by atoms with van der Waals surface area (Å²) in [5, 5.41) is 15.8. The first kappa shape index (κ1) is 21.0. The zero-order valence-corrected chi connectivity index (χ0v) is 16.0.